The van der Waals surface area contributed by atoms with Crippen molar-refractivity contribution in [1.82, 2.24) is 9.80 Å². The molecule has 3 fully saturated rings. The van der Waals surface area contributed by atoms with Gasteiger partial charge < -0.3 is 19.6 Å². The number of unbranched alkanes of at least 4 members (excludes halogenated alkanes) is 1. The largest absolute Gasteiger partial charge is 0.461 e. The van der Waals surface area contributed by atoms with Crippen LogP contribution in [0.3, 0.4) is 0 Å². The van der Waals surface area contributed by atoms with E-state index in [9.17, 15) is 19.5 Å². The fraction of sp³-hybridized carbons (Fsp3) is 0.708. The minimum Gasteiger partial charge on any atom is -0.461 e. The number of hydrogen-bond donors (Lipinski definition) is 1. The summed E-state index contributed by atoms with van der Waals surface area (Å²) < 4.78 is 4.32. The Morgan fingerprint density at radius 2 is 2.06 bits per heavy atom. The molecule has 2 amide bonds. The van der Waals surface area contributed by atoms with Gasteiger partial charge in [0.25, 0.3) is 0 Å². The number of amides is 2. The summed E-state index contributed by atoms with van der Waals surface area (Å²) in [6.45, 7) is 12.9. The van der Waals surface area contributed by atoms with Crippen molar-refractivity contribution in [1.29, 1.82) is 0 Å². The van der Waals surface area contributed by atoms with Crippen molar-refractivity contribution >= 4 is 29.5 Å². The SMILES string of the molecule is C=CCOC(=O)[C@@H]1[C@H]2C(=O)N(CCCO)C(C(=O)N(CC=C)CCCC)C23CC[C@@]1(C)S3. The third-order valence-corrected chi connectivity index (χ3v) is 9.09. The van der Waals surface area contributed by atoms with E-state index in [0.29, 0.717) is 32.5 Å². The number of esters is 1. The quantitative estimate of drug-likeness (QED) is 0.353. The molecule has 0 radical (unpaired) electrons. The third-order valence-electron chi connectivity index (χ3n) is 7.11. The standard InChI is InChI=1S/C24H36N2O5S/c1-5-8-13-25(12-6-2)21(29)19-24-11-10-23(4,32-24)18(22(30)31-16-7-3)17(24)20(28)26(19)14-9-15-27/h6-7,17-19,27H,2-3,5,8-16H2,1,4H3/t17-,18-,19?,23+,24?/m0/s1. The van der Waals surface area contributed by atoms with Crippen LogP contribution in [0.1, 0.15) is 46.0 Å². The molecule has 3 rings (SSSR count). The zero-order valence-corrected chi connectivity index (χ0v) is 20.1. The van der Waals surface area contributed by atoms with Gasteiger partial charge in [0.1, 0.15) is 12.6 Å². The van der Waals surface area contributed by atoms with Crippen LogP contribution >= 0.6 is 11.8 Å². The number of hydrogen-bond acceptors (Lipinski definition) is 6. The van der Waals surface area contributed by atoms with Gasteiger partial charge in [-0.3, -0.25) is 14.4 Å². The van der Waals surface area contributed by atoms with Crippen LogP contribution in [0.25, 0.3) is 0 Å². The van der Waals surface area contributed by atoms with E-state index in [1.807, 2.05) is 6.92 Å². The van der Waals surface area contributed by atoms with Crippen LogP contribution in [0.4, 0.5) is 0 Å². The minimum absolute atomic E-state index is 0.0653. The number of aliphatic hydroxyl groups is 1. The highest BCUT2D eigenvalue weighted by Gasteiger charge is 2.77. The summed E-state index contributed by atoms with van der Waals surface area (Å²) in [5.41, 5.74) is 0. The van der Waals surface area contributed by atoms with Crippen LogP contribution in [0.5, 0.6) is 0 Å². The summed E-state index contributed by atoms with van der Waals surface area (Å²) in [6, 6.07) is -0.646. The predicted molar refractivity (Wildman–Crippen MR) is 125 cm³/mol. The fourth-order valence-electron chi connectivity index (χ4n) is 5.74. The lowest BCUT2D eigenvalue weighted by Crippen LogP contribution is -2.55. The monoisotopic (exact) mass is 464 g/mol. The average Bonchev–Trinajstić information content (AvgIpc) is 3.33. The minimum atomic E-state index is -0.651. The Morgan fingerprint density at radius 3 is 2.69 bits per heavy atom. The number of nitrogens with zero attached hydrogens (tertiary/aromatic N) is 2. The summed E-state index contributed by atoms with van der Waals surface area (Å²) in [5.74, 6) is -1.81. The highest BCUT2D eigenvalue weighted by molar-refractivity contribution is 8.02. The number of carbonyl (C=O) groups excluding carboxylic acids is 3. The summed E-state index contributed by atoms with van der Waals surface area (Å²) in [4.78, 5) is 44.1. The van der Waals surface area contributed by atoms with Gasteiger partial charge in [-0.15, -0.1) is 18.3 Å². The molecule has 0 aliphatic carbocycles. The molecule has 8 heteroatoms. The first-order valence-electron chi connectivity index (χ1n) is 11.6. The van der Waals surface area contributed by atoms with Crippen LogP contribution in [0, 0.1) is 11.8 Å². The maximum atomic E-state index is 13.9. The third kappa shape index (κ3) is 4.00. The Bertz CT molecular complexity index is 773. The number of ether oxygens (including phenoxy) is 1. The van der Waals surface area contributed by atoms with E-state index >= 15 is 0 Å². The highest BCUT2D eigenvalue weighted by Crippen LogP contribution is 2.71. The van der Waals surface area contributed by atoms with Gasteiger partial charge in [0.2, 0.25) is 11.8 Å². The average molecular weight is 465 g/mol. The molecule has 3 heterocycles. The van der Waals surface area contributed by atoms with E-state index in [4.69, 9.17) is 4.74 Å². The van der Waals surface area contributed by atoms with Crippen molar-refractivity contribution in [3.8, 4) is 0 Å². The Kier molecular flexibility index (Phi) is 7.76. The van der Waals surface area contributed by atoms with Crippen LogP contribution in [0.2, 0.25) is 0 Å². The second-order valence-electron chi connectivity index (χ2n) is 9.18. The molecule has 0 aromatic rings. The molecule has 2 unspecified atom stereocenters. The molecule has 2 bridgehead atoms. The second-order valence-corrected chi connectivity index (χ2v) is 11.1. The van der Waals surface area contributed by atoms with Gasteiger partial charge >= 0.3 is 5.97 Å². The molecular formula is C24H36N2O5S. The summed E-state index contributed by atoms with van der Waals surface area (Å²) in [7, 11) is 0. The Balaban J connectivity index is 2.01. The van der Waals surface area contributed by atoms with Crippen LogP contribution in [-0.2, 0) is 19.1 Å². The van der Waals surface area contributed by atoms with Gasteiger partial charge in [-0.2, -0.15) is 0 Å². The number of fused-ring (bicyclic) bond motifs is 1. The van der Waals surface area contributed by atoms with Crippen molar-refractivity contribution in [3.63, 3.8) is 0 Å². The Hall–Kier alpha value is -1.80. The molecule has 1 N–H and O–H groups in total. The van der Waals surface area contributed by atoms with Gasteiger partial charge in [-0.05, 0) is 32.6 Å². The van der Waals surface area contributed by atoms with Crippen LogP contribution < -0.4 is 0 Å². The summed E-state index contributed by atoms with van der Waals surface area (Å²) >= 11 is 1.63. The van der Waals surface area contributed by atoms with Crippen molar-refractivity contribution in [2.45, 2.75) is 61.5 Å². The highest BCUT2D eigenvalue weighted by atomic mass is 32.2. The molecule has 178 valence electrons. The molecular weight excluding hydrogens is 428 g/mol. The first-order valence-corrected chi connectivity index (χ1v) is 12.4. The summed E-state index contributed by atoms with van der Waals surface area (Å²) in [5, 5.41) is 9.42. The molecule has 0 saturated carbocycles. The molecule has 32 heavy (non-hydrogen) atoms. The maximum absolute atomic E-state index is 13.9. The zero-order chi connectivity index (χ0) is 23.5. The smallest absolute Gasteiger partial charge is 0.311 e. The van der Waals surface area contributed by atoms with E-state index in [-0.39, 0.29) is 31.0 Å². The van der Waals surface area contributed by atoms with Crippen molar-refractivity contribution in [2.24, 2.45) is 11.8 Å². The molecule has 3 aliphatic rings. The lowest BCUT2D eigenvalue weighted by molar-refractivity contribution is -0.154. The second kappa shape index (κ2) is 10.00. The van der Waals surface area contributed by atoms with E-state index in [1.165, 1.54) is 6.08 Å². The number of aliphatic hydroxyl groups excluding tert-OH is 1. The Morgan fingerprint density at radius 1 is 1.31 bits per heavy atom. The lowest BCUT2D eigenvalue weighted by Gasteiger charge is -2.37. The van der Waals surface area contributed by atoms with Gasteiger partial charge in [-0.25, -0.2) is 0 Å². The molecule has 5 atom stereocenters. The molecule has 3 saturated heterocycles. The summed E-state index contributed by atoms with van der Waals surface area (Å²) in [6.07, 6.45) is 6.91. The molecule has 3 aliphatic heterocycles. The fourth-order valence-corrected chi connectivity index (χ4v) is 8.08. The zero-order valence-electron chi connectivity index (χ0n) is 19.3. The Labute approximate surface area is 195 Å². The van der Waals surface area contributed by atoms with Gasteiger partial charge in [0.05, 0.1) is 16.6 Å². The number of thioether (sulfide) groups is 1. The number of rotatable bonds is 12. The first-order chi connectivity index (χ1) is 15.3. The predicted octanol–water partition coefficient (Wildman–Crippen LogP) is 2.39. The van der Waals surface area contributed by atoms with Gasteiger partial charge in [0, 0.05) is 31.0 Å². The first kappa shape index (κ1) is 24.8. The number of carbonyl (C=O) groups is 3. The van der Waals surface area contributed by atoms with Crippen LogP contribution in [0.15, 0.2) is 25.3 Å². The molecule has 0 aromatic carbocycles. The van der Waals surface area contributed by atoms with Crippen molar-refractivity contribution in [3.05, 3.63) is 25.3 Å². The normalized spacial score (nSPS) is 32.7. The van der Waals surface area contributed by atoms with E-state index in [0.717, 1.165) is 19.3 Å². The van der Waals surface area contributed by atoms with E-state index in [2.05, 4.69) is 20.1 Å². The van der Waals surface area contributed by atoms with E-state index in [1.54, 1.807) is 27.6 Å². The van der Waals surface area contributed by atoms with Crippen LogP contribution in [-0.4, -0.2) is 81.1 Å². The van der Waals surface area contributed by atoms with Gasteiger partial charge in [0.15, 0.2) is 0 Å². The molecule has 1 spiro atoms. The maximum Gasteiger partial charge on any atom is 0.311 e. The topological polar surface area (TPSA) is 87.1 Å². The van der Waals surface area contributed by atoms with Gasteiger partial charge in [-0.1, -0.05) is 32.1 Å². The lowest BCUT2D eigenvalue weighted by atomic mass is 9.66. The van der Waals surface area contributed by atoms with Crippen molar-refractivity contribution in [2.75, 3.05) is 32.8 Å². The molecule has 0 aromatic heterocycles. The van der Waals surface area contributed by atoms with E-state index < -0.39 is 27.4 Å². The van der Waals surface area contributed by atoms with Crippen molar-refractivity contribution < 1.29 is 24.2 Å². The molecule has 7 nitrogen and oxygen atoms in total. The number of likely N-dealkylation sites (tertiary alicyclic amines) is 1.